The van der Waals surface area contributed by atoms with Gasteiger partial charge >= 0.3 is 5.97 Å². The summed E-state index contributed by atoms with van der Waals surface area (Å²) in [5, 5.41) is 8.57. The molecule has 0 spiro atoms. The Balaban J connectivity index is 3.05. The molecule has 5 heteroatoms. The van der Waals surface area contributed by atoms with E-state index in [-0.39, 0.29) is 5.56 Å². The number of carbonyl (C=O) groups excluding carboxylic acids is 1. The Morgan fingerprint density at radius 3 is 2.59 bits per heavy atom. The number of hydrogen-bond acceptors (Lipinski definition) is 5. The molecule has 1 aromatic rings. The molecular formula is C12H13NO4. The molecule has 1 aromatic carbocycles. The first-order valence-electron chi connectivity index (χ1n) is 4.95. The third kappa shape index (κ3) is 2.88. The Labute approximate surface area is 99.5 Å². The maximum atomic E-state index is 11.8. The van der Waals surface area contributed by atoms with Gasteiger partial charge in [-0.2, -0.15) is 5.26 Å². The lowest BCUT2D eigenvalue weighted by atomic mass is 10.2. The van der Waals surface area contributed by atoms with Crippen LogP contribution in [-0.2, 0) is 4.74 Å². The molecule has 0 aliphatic heterocycles. The van der Waals surface area contributed by atoms with Gasteiger partial charge in [-0.05, 0) is 19.1 Å². The van der Waals surface area contributed by atoms with Crippen molar-refractivity contribution in [3.05, 3.63) is 23.8 Å². The van der Waals surface area contributed by atoms with Crippen molar-refractivity contribution in [3.63, 3.8) is 0 Å². The second-order valence-electron chi connectivity index (χ2n) is 3.22. The molecule has 17 heavy (non-hydrogen) atoms. The van der Waals surface area contributed by atoms with E-state index in [0.29, 0.717) is 11.5 Å². The van der Waals surface area contributed by atoms with Crippen LogP contribution in [-0.4, -0.2) is 26.3 Å². The van der Waals surface area contributed by atoms with E-state index >= 15 is 0 Å². The van der Waals surface area contributed by atoms with Gasteiger partial charge in [0.15, 0.2) is 17.6 Å². The van der Waals surface area contributed by atoms with E-state index in [9.17, 15) is 4.79 Å². The summed E-state index contributed by atoms with van der Waals surface area (Å²) in [6.45, 7) is 1.49. The molecule has 0 saturated carbocycles. The molecule has 0 amide bonds. The average molecular weight is 235 g/mol. The Hall–Kier alpha value is -2.22. The first-order chi connectivity index (χ1) is 8.13. The van der Waals surface area contributed by atoms with Gasteiger partial charge in [-0.25, -0.2) is 4.79 Å². The van der Waals surface area contributed by atoms with Crippen molar-refractivity contribution in [1.29, 1.82) is 5.26 Å². The van der Waals surface area contributed by atoms with Gasteiger partial charge in [0.25, 0.3) is 0 Å². The molecule has 0 radical (unpaired) electrons. The molecule has 0 unspecified atom stereocenters. The zero-order chi connectivity index (χ0) is 12.8. The molecule has 1 atom stereocenters. The fourth-order valence-electron chi connectivity index (χ4n) is 1.30. The molecule has 5 nitrogen and oxygen atoms in total. The Morgan fingerprint density at radius 1 is 1.35 bits per heavy atom. The summed E-state index contributed by atoms with van der Waals surface area (Å²) in [6.07, 6.45) is -0.807. The Bertz CT molecular complexity index is 450. The van der Waals surface area contributed by atoms with Crippen molar-refractivity contribution in [2.24, 2.45) is 0 Å². The Kier molecular flexibility index (Phi) is 4.35. The molecule has 90 valence electrons. The van der Waals surface area contributed by atoms with Gasteiger partial charge in [-0.15, -0.1) is 0 Å². The van der Waals surface area contributed by atoms with E-state index in [4.69, 9.17) is 19.5 Å². The highest BCUT2D eigenvalue weighted by atomic mass is 16.5. The van der Waals surface area contributed by atoms with Crippen LogP contribution in [0, 0.1) is 11.3 Å². The fraction of sp³-hybridized carbons (Fsp3) is 0.333. The van der Waals surface area contributed by atoms with E-state index < -0.39 is 12.1 Å². The fourth-order valence-corrected chi connectivity index (χ4v) is 1.30. The monoisotopic (exact) mass is 235 g/mol. The van der Waals surface area contributed by atoms with E-state index in [1.165, 1.54) is 21.1 Å². The van der Waals surface area contributed by atoms with Crippen LogP contribution in [0.25, 0.3) is 0 Å². The number of methoxy groups -OCH3 is 2. The van der Waals surface area contributed by atoms with Gasteiger partial charge in [0, 0.05) is 0 Å². The van der Waals surface area contributed by atoms with Crippen LogP contribution < -0.4 is 9.47 Å². The summed E-state index contributed by atoms with van der Waals surface area (Å²) in [5.41, 5.74) is 0.231. The summed E-state index contributed by atoms with van der Waals surface area (Å²) >= 11 is 0. The highest BCUT2D eigenvalue weighted by Crippen LogP contribution is 2.31. The third-order valence-corrected chi connectivity index (χ3v) is 2.09. The summed E-state index contributed by atoms with van der Waals surface area (Å²) in [7, 11) is 2.91. The number of carbonyl (C=O) groups is 1. The lowest BCUT2D eigenvalue weighted by molar-refractivity contribution is 0.0431. The van der Waals surface area contributed by atoms with E-state index in [1.807, 2.05) is 6.07 Å². The number of ether oxygens (including phenoxy) is 3. The minimum Gasteiger partial charge on any atom is -0.493 e. The van der Waals surface area contributed by atoms with Crippen molar-refractivity contribution in [1.82, 2.24) is 0 Å². The van der Waals surface area contributed by atoms with Crippen LogP contribution in [0.1, 0.15) is 17.3 Å². The number of benzene rings is 1. The SMILES string of the molecule is COc1cccc(C(=O)O[C@H](C)C#N)c1OC. The van der Waals surface area contributed by atoms with Gasteiger partial charge in [-0.3, -0.25) is 0 Å². The van der Waals surface area contributed by atoms with Crippen LogP contribution in [0.15, 0.2) is 18.2 Å². The number of para-hydroxylation sites is 1. The first-order valence-corrected chi connectivity index (χ1v) is 4.95. The third-order valence-electron chi connectivity index (χ3n) is 2.09. The zero-order valence-electron chi connectivity index (χ0n) is 9.89. The quantitative estimate of drug-likeness (QED) is 0.744. The molecule has 0 aliphatic carbocycles. The maximum absolute atomic E-state index is 11.8. The van der Waals surface area contributed by atoms with Gasteiger partial charge in [0.05, 0.1) is 14.2 Å². The predicted octanol–water partition coefficient (Wildman–Crippen LogP) is 1.77. The Morgan fingerprint density at radius 2 is 2.06 bits per heavy atom. The standard InChI is InChI=1S/C12H13NO4/c1-8(7-13)17-12(14)9-5-4-6-10(15-2)11(9)16-3/h4-6,8H,1-3H3/t8-/m1/s1. The van der Waals surface area contributed by atoms with Crippen LogP contribution in [0.2, 0.25) is 0 Å². The number of esters is 1. The van der Waals surface area contributed by atoms with Crippen molar-refractivity contribution >= 4 is 5.97 Å². The van der Waals surface area contributed by atoms with Crippen molar-refractivity contribution in [3.8, 4) is 17.6 Å². The minimum atomic E-state index is -0.807. The average Bonchev–Trinajstić information content (AvgIpc) is 2.37. The van der Waals surface area contributed by atoms with Gasteiger partial charge in [0.2, 0.25) is 0 Å². The van der Waals surface area contributed by atoms with Crippen LogP contribution in [0.4, 0.5) is 0 Å². The largest absolute Gasteiger partial charge is 0.493 e. The highest BCUT2D eigenvalue weighted by Gasteiger charge is 2.19. The highest BCUT2D eigenvalue weighted by molar-refractivity contribution is 5.93. The van der Waals surface area contributed by atoms with Gasteiger partial charge in [0.1, 0.15) is 11.6 Å². The zero-order valence-corrected chi connectivity index (χ0v) is 9.89. The molecule has 0 saturated heterocycles. The summed E-state index contributed by atoms with van der Waals surface area (Å²) < 4.78 is 15.0. The normalized spacial score (nSPS) is 11.2. The van der Waals surface area contributed by atoms with Crippen molar-refractivity contribution < 1.29 is 19.0 Å². The summed E-state index contributed by atoms with van der Waals surface area (Å²) in [4.78, 5) is 11.8. The molecule has 1 rings (SSSR count). The molecule has 0 aromatic heterocycles. The maximum Gasteiger partial charge on any atom is 0.343 e. The predicted molar refractivity (Wildman–Crippen MR) is 60.0 cm³/mol. The van der Waals surface area contributed by atoms with Crippen molar-refractivity contribution in [2.45, 2.75) is 13.0 Å². The lowest BCUT2D eigenvalue weighted by Gasteiger charge is -2.12. The van der Waals surface area contributed by atoms with E-state index in [2.05, 4.69) is 0 Å². The molecular weight excluding hydrogens is 222 g/mol. The van der Waals surface area contributed by atoms with Gasteiger partial charge in [-0.1, -0.05) is 6.07 Å². The topological polar surface area (TPSA) is 68.5 Å². The van der Waals surface area contributed by atoms with Gasteiger partial charge < -0.3 is 14.2 Å². The van der Waals surface area contributed by atoms with E-state index in [0.717, 1.165) is 0 Å². The second-order valence-corrected chi connectivity index (χ2v) is 3.22. The van der Waals surface area contributed by atoms with Crippen LogP contribution in [0.3, 0.4) is 0 Å². The minimum absolute atomic E-state index is 0.231. The smallest absolute Gasteiger partial charge is 0.343 e. The molecule has 0 N–H and O–H groups in total. The van der Waals surface area contributed by atoms with Crippen LogP contribution >= 0.6 is 0 Å². The number of nitriles is 1. The molecule has 0 heterocycles. The first kappa shape index (κ1) is 12.8. The van der Waals surface area contributed by atoms with Crippen LogP contribution in [0.5, 0.6) is 11.5 Å². The molecule has 0 bridgehead atoms. The van der Waals surface area contributed by atoms with Crippen molar-refractivity contribution in [2.75, 3.05) is 14.2 Å². The lowest BCUT2D eigenvalue weighted by Crippen LogP contribution is -2.14. The summed E-state index contributed by atoms with van der Waals surface area (Å²) in [6, 6.07) is 6.68. The second kappa shape index (κ2) is 5.75. The molecule has 0 aliphatic rings. The number of hydrogen-bond donors (Lipinski definition) is 0. The number of nitrogens with zero attached hydrogens (tertiary/aromatic N) is 1. The summed E-state index contributed by atoms with van der Waals surface area (Å²) in [5.74, 6) is 0.117. The van der Waals surface area contributed by atoms with E-state index in [1.54, 1.807) is 18.2 Å². The molecule has 0 fully saturated rings. The number of rotatable bonds is 4.